The van der Waals surface area contributed by atoms with Gasteiger partial charge in [0.05, 0.1) is 11.6 Å². The number of aromatic nitrogens is 1. The summed E-state index contributed by atoms with van der Waals surface area (Å²) >= 11 is 0. The van der Waals surface area contributed by atoms with Gasteiger partial charge in [0.25, 0.3) is 0 Å². The van der Waals surface area contributed by atoms with E-state index < -0.39 is 5.92 Å². The predicted molar refractivity (Wildman–Crippen MR) is 118 cm³/mol. The zero-order valence-corrected chi connectivity index (χ0v) is 18.7. The second kappa shape index (κ2) is 16.1. The van der Waals surface area contributed by atoms with Gasteiger partial charge < -0.3 is 10.4 Å². The Bertz CT molecular complexity index is 756. The van der Waals surface area contributed by atoms with Crippen LogP contribution in [0.3, 0.4) is 0 Å². The number of aliphatic hydroxyl groups is 1. The molecule has 2 N–H and O–H groups in total. The summed E-state index contributed by atoms with van der Waals surface area (Å²) in [6.45, 7) is 10.6. The van der Waals surface area contributed by atoms with Crippen molar-refractivity contribution < 1.29 is 19.5 Å². The van der Waals surface area contributed by atoms with Crippen LogP contribution in [0.4, 0.5) is 0 Å². The molecule has 0 aliphatic carbocycles. The van der Waals surface area contributed by atoms with Gasteiger partial charge >= 0.3 is 0 Å². The van der Waals surface area contributed by atoms with E-state index >= 15 is 0 Å². The Morgan fingerprint density at radius 1 is 1.00 bits per heavy atom. The van der Waals surface area contributed by atoms with Gasteiger partial charge in [-0.05, 0) is 45.4 Å². The first kappa shape index (κ1) is 28.4. The molecule has 1 amide bonds. The van der Waals surface area contributed by atoms with E-state index in [-0.39, 0.29) is 17.5 Å². The van der Waals surface area contributed by atoms with Crippen molar-refractivity contribution in [1.82, 2.24) is 10.3 Å². The summed E-state index contributed by atoms with van der Waals surface area (Å²) in [7, 11) is 2.52. The second-order valence-electron chi connectivity index (χ2n) is 5.80. The van der Waals surface area contributed by atoms with E-state index in [4.69, 9.17) is 5.11 Å². The molecular weight excluding hydrogens is 368 g/mol. The average Bonchev–Trinajstić information content (AvgIpc) is 2.76. The smallest absolute Gasteiger partial charge is 0.230 e. The number of carbonyl (C=O) groups excluding carboxylic acids is 3. The quantitative estimate of drug-likeness (QED) is 0.598. The first-order chi connectivity index (χ1) is 13.8. The van der Waals surface area contributed by atoms with Crippen molar-refractivity contribution in [3.8, 4) is 11.3 Å². The Kier molecular flexibility index (Phi) is 15.8. The largest absolute Gasteiger partial charge is 0.400 e. The molecule has 0 saturated heterocycles. The monoisotopic (exact) mass is 402 g/mol. The highest BCUT2D eigenvalue weighted by Gasteiger charge is 2.14. The Morgan fingerprint density at radius 2 is 1.52 bits per heavy atom. The summed E-state index contributed by atoms with van der Waals surface area (Å²) in [6.07, 6.45) is 1.80. The number of amides is 1. The van der Waals surface area contributed by atoms with E-state index in [1.165, 1.54) is 19.5 Å². The molecule has 0 spiro atoms. The summed E-state index contributed by atoms with van der Waals surface area (Å²) in [4.78, 5) is 36.5. The van der Waals surface area contributed by atoms with E-state index in [0.29, 0.717) is 0 Å². The minimum atomic E-state index is -0.505. The van der Waals surface area contributed by atoms with Gasteiger partial charge in [0, 0.05) is 31.5 Å². The highest BCUT2D eigenvalue weighted by Crippen LogP contribution is 2.18. The third kappa shape index (κ3) is 10.9. The molecular formula is C23H34N2O4. The lowest BCUT2D eigenvalue weighted by molar-refractivity contribution is -0.131. The van der Waals surface area contributed by atoms with Gasteiger partial charge in [0.1, 0.15) is 5.78 Å². The van der Waals surface area contributed by atoms with Crippen molar-refractivity contribution in [2.75, 3.05) is 14.2 Å². The fourth-order valence-corrected chi connectivity index (χ4v) is 1.97. The molecule has 0 saturated carbocycles. The van der Waals surface area contributed by atoms with Gasteiger partial charge in [-0.15, -0.1) is 0 Å². The van der Waals surface area contributed by atoms with Crippen molar-refractivity contribution in [3.05, 3.63) is 53.7 Å². The van der Waals surface area contributed by atoms with Crippen LogP contribution in [0.15, 0.2) is 42.6 Å². The highest BCUT2D eigenvalue weighted by molar-refractivity contribution is 5.99. The van der Waals surface area contributed by atoms with Gasteiger partial charge in [-0.25, -0.2) is 0 Å². The van der Waals surface area contributed by atoms with E-state index in [1.54, 1.807) is 20.0 Å². The number of benzene rings is 1. The molecule has 6 nitrogen and oxygen atoms in total. The number of pyridine rings is 1. The lowest BCUT2D eigenvalue weighted by atomic mass is 10.1. The Hall–Kier alpha value is -2.86. The molecule has 0 aliphatic rings. The van der Waals surface area contributed by atoms with Gasteiger partial charge in [-0.1, -0.05) is 38.1 Å². The maximum Gasteiger partial charge on any atom is 0.230 e. The average molecular weight is 403 g/mol. The van der Waals surface area contributed by atoms with Gasteiger partial charge in [-0.2, -0.15) is 0 Å². The van der Waals surface area contributed by atoms with Crippen molar-refractivity contribution in [2.45, 2.75) is 41.5 Å². The summed E-state index contributed by atoms with van der Waals surface area (Å²) in [5, 5.41) is 9.39. The van der Waals surface area contributed by atoms with Crippen LogP contribution in [0.5, 0.6) is 0 Å². The maximum absolute atomic E-state index is 11.1. The minimum Gasteiger partial charge on any atom is -0.400 e. The molecule has 160 valence electrons. The standard InChI is InChI=1S/C14H13NO.C6H11NO2.C2H6.CH4O/c1-10-7-8-15-14(9-10)13-5-3-12(4-6-13)11(2)16;1-4(5(2)8)6(9)7-3;2*1-2/h3-9H,1-2H3;4H,1-3H3,(H,7,9);1-2H3;2H,1H3. The first-order valence-corrected chi connectivity index (χ1v) is 9.47. The predicted octanol–water partition coefficient (Wildman–Crippen LogP) is 3.85. The Morgan fingerprint density at radius 3 is 1.86 bits per heavy atom. The zero-order valence-electron chi connectivity index (χ0n) is 18.7. The van der Waals surface area contributed by atoms with Crippen molar-refractivity contribution in [3.63, 3.8) is 0 Å². The molecule has 6 heteroatoms. The fourth-order valence-electron chi connectivity index (χ4n) is 1.97. The van der Waals surface area contributed by atoms with E-state index in [2.05, 4.69) is 10.3 Å². The van der Waals surface area contributed by atoms with Crippen molar-refractivity contribution in [1.29, 1.82) is 0 Å². The lowest BCUT2D eigenvalue weighted by Crippen LogP contribution is -2.29. The number of hydrogen-bond acceptors (Lipinski definition) is 5. The topological polar surface area (TPSA) is 96.4 Å². The SMILES string of the molecule is CC.CC(=O)c1ccc(-c2cc(C)ccn2)cc1.CNC(=O)C(C)C(C)=O.CO. The van der Waals surface area contributed by atoms with Crippen LogP contribution in [0.1, 0.15) is 50.5 Å². The summed E-state index contributed by atoms with van der Waals surface area (Å²) in [5.41, 5.74) is 3.89. The number of carbonyl (C=O) groups is 3. The van der Waals surface area contributed by atoms with Gasteiger partial charge in [0.2, 0.25) is 5.91 Å². The van der Waals surface area contributed by atoms with E-state index in [1.807, 2.05) is 57.2 Å². The van der Waals surface area contributed by atoms with Crippen LogP contribution in [-0.4, -0.2) is 41.7 Å². The van der Waals surface area contributed by atoms with Crippen LogP contribution < -0.4 is 5.32 Å². The van der Waals surface area contributed by atoms with Crippen molar-refractivity contribution in [2.24, 2.45) is 5.92 Å². The Labute approximate surface area is 174 Å². The molecule has 1 unspecified atom stereocenters. The van der Waals surface area contributed by atoms with Crippen LogP contribution in [0, 0.1) is 12.8 Å². The number of aryl methyl sites for hydroxylation is 1. The molecule has 0 bridgehead atoms. The third-order valence-corrected chi connectivity index (χ3v) is 3.75. The maximum atomic E-state index is 11.1. The molecule has 0 aliphatic heterocycles. The molecule has 1 aromatic heterocycles. The number of nitrogens with zero attached hydrogens (tertiary/aromatic N) is 1. The number of ketones is 2. The van der Waals surface area contributed by atoms with Gasteiger partial charge in [-0.3, -0.25) is 19.4 Å². The molecule has 2 rings (SSSR count). The second-order valence-corrected chi connectivity index (χ2v) is 5.80. The zero-order chi connectivity index (χ0) is 23.0. The van der Waals surface area contributed by atoms with Gasteiger partial charge in [0.15, 0.2) is 5.78 Å². The minimum absolute atomic E-state index is 0.0868. The van der Waals surface area contributed by atoms with Crippen LogP contribution >= 0.6 is 0 Å². The number of hydrogen-bond donors (Lipinski definition) is 2. The lowest BCUT2D eigenvalue weighted by Gasteiger charge is -2.03. The fraction of sp³-hybridized carbons (Fsp3) is 0.391. The molecule has 0 radical (unpaired) electrons. The molecule has 1 atom stereocenters. The molecule has 1 heterocycles. The van der Waals surface area contributed by atoms with Crippen molar-refractivity contribution >= 4 is 17.5 Å². The van der Waals surface area contributed by atoms with E-state index in [9.17, 15) is 14.4 Å². The van der Waals surface area contributed by atoms with Crippen LogP contribution in [-0.2, 0) is 9.59 Å². The summed E-state index contributed by atoms with van der Waals surface area (Å²) in [5.74, 6) is -0.740. The number of nitrogens with one attached hydrogen (secondary N) is 1. The van der Waals surface area contributed by atoms with Crippen LogP contribution in [0.25, 0.3) is 11.3 Å². The molecule has 2 aromatic rings. The third-order valence-electron chi connectivity index (χ3n) is 3.75. The first-order valence-electron chi connectivity index (χ1n) is 9.47. The molecule has 1 aromatic carbocycles. The summed E-state index contributed by atoms with van der Waals surface area (Å²) in [6, 6.07) is 11.5. The number of Topliss-reactive ketones (excluding diaryl/α,β-unsaturated/α-hetero) is 2. The molecule has 0 fully saturated rings. The van der Waals surface area contributed by atoms with E-state index in [0.717, 1.165) is 23.9 Å². The summed E-state index contributed by atoms with van der Waals surface area (Å²) < 4.78 is 0. The van der Waals surface area contributed by atoms with Crippen LogP contribution in [0.2, 0.25) is 0 Å². The number of aliphatic hydroxyl groups excluding tert-OH is 1. The Balaban J connectivity index is 0. The normalized spacial score (nSPS) is 9.83. The highest BCUT2D eigenvalue weighted by atomic mass is 16.2. The number of rotatable bonds is 4. The molecule has 29 heavy (non-hydrogen) atoms.